The second-order valence-corrected chi connectivity index (χ2v) is 10.4. The summed E-state index contributed by atoms with van der Waals surface area (Å²) in [5.74, 6) is 0.630. The average molecular weight is 431 g/mol. The molecule has 0 aromatic carbocycles. The first-order valence-electron chi connectivity index (χ1n) is 9.15. The Morgan fingerprint density at radius 2 is 2.14 bits per heavy atom. The third-order valence-electron chi connectivity index (χ3n) is 4.86. The lowest BCUT2D eigenvalue weighted by molar-refractivity contribution is 0.681. The van der Waals surface area contributed by atoms with Gasteiger partial charge in [0.1, 0.15) is 19.7 Å². The van der Waals surface area contributed by atoms with Gasteiger partial charge in [0.25, 0.3) is 0 Å². The SMILES string of the molecule is CCCCS(=O)c1sc2nc(-c3nccs3)cc(-c3ccc(C)n3C)c2c1N. The molecule has 4 aromatic rings. The van der Waals surface area contributed by atoms with E-state index in [1.165, 1.54) is 11.3 Å². The fourth-order valence-corrected chi connectivity index (χ4v) is 6.58. The Kier molecular flexibility index (Phi) is 5.35. The van der Waals surface area contributed by atoms with Gasteiger partial charge >= 0.3 is 0 Å². The topological polar surface area (TPSA) is 73.8 Å². The highest BCUT2D eigenvalue weighted by atomic mass is 32.2. The van der Waals surface area contributed by atoms with Crippen LogP contribution in [0.5, 0.6) is 0 Å². The summed E-state index contributed by atoms with van der Waals surface area (Å²) in [6.07, 6.45) is 3.71. The number of nitrogen functional groups attached to an aromatic ring is 1. The number of aromatic nitrogens is 3. The van der Waals surface area contributed by atoms with Crippen LogP contribution in [0.25, 0.3) is 32.2 Å². The minimum atomic E-state index is -1.10. The Balaban J connectivity index is 1.98. The van der Waals surface area contributed by atoms with Crippen LogP contribution in [0.15, 0.2) is 34.0 Å². The smallest absolute Gasteiger partial charge is 0.141 e. The van der Waals surface area contributed by atoms with Gasteiger partial charge in [-0.2, -0.15) is 0 Å². The van der Waals surface area contributed by atoms with Crippen LogP contribution < -0.4 is 5.73 Å². The van der Waals surface area contributed by atoms with Crippen LogP contribution in [0.4, 0.5) is 5.69 Å². The van der Waals surface area contributed by atoms with E-state index in [2.05, 4.69) is 41.6 Å². The van der Waals surface area contributed by atoms with E-state index >= 15 is 0 Å². The molecule has 0 amide bonds. The number of nitrogens with two attached hydrogens (primary N) is 1. The Morgan fingerprint density at radius 1 is 1.32 bits per heavy atom. The lowest BCUT2D eigenvalue weighted by Gasteiger charge is -2.09. The maximum Gasteiger partial charge on any atom is 0.141 e. The minimum Gasteiger partial charge on any atom is -0.396 e. The number of rotatable bonds is 6. The standard InChI is InChI=1S/C20H22N4OS3/c1-4-5-10-28(25)20-17(21)16-13(15-7-6-12(2)24(15)3)11-14(23-19(16)27-20)18-22-8-9-26-18/h6-9,11H,4-5,10,21H2,1-3H3. The van der Waals surface area contributed by atoms with Crippen molar-refractivity contribution in [1.82, 2.24) is 14.5 Å². The molecule has 2 N–H and O–H groups in total. The summed E-state index contributed by atoms with van der Waals surface area (Å²) in [4.78, 5) is 10.1. The molecule has 0 aliphatic rings. The van der Waals surface area contributed by atoms with Gasteiger partial charge < -0.3 is 10.3 Å². The zero-order chi connectivity index (χ0) is 19.8. The molecule has 4 heterocycles. The zero-order valence-corrected chi connectivity index (χ0v) is 18.5. The summed E-state index contributed by atoms with van der Waals surface area (Å²) in [5.41, 5.74) is 11.2. The van der Waals surface area contributed by atoms with Crippen molar-refractivity contribution in [1.29, 1.82) is 0 Å². The molecule has 1 unspecified atom stereocenters. The second-order valence-electron chi connectivity index (χ2n) is 6.70. The van der Waals surface area contributed by atoms with Crippen molar-refractivity contribution in [3.05, 3.63) is 35.5 Å². The summed E-state index contributed by atoms with van der Waals surface area (Å²) < 4.78 is 15.7. The molecule has 1 atom stereocenters. The molecular formula is C20H22N4OS3. The average Bonchev–Trinajstić information content (AvgIpc) is 3.41. The summed E-state index contributed by atoms with van der Waals surface area (Å²) in [6, 6.07) is 6.24. The molecule has 5 nitrogen and oxygen atoms in total. The van der Waals surface area contributed by atoms with Crippen molar-refractivity contribution in [3.8, 4) is 22.0 Å². The molecular weight excluding hydrogens is 408 g/mol. The van der Waals surface area contributed by atoms with Crippen LogP contribution in [-0.4, -0.2) is 24.5 Å². The van der Waals surface area contributed by atoms with Crippen molar-refractivity contribution in [2.45, 2.75) is 30.9 Å². The fraction of sp³-hybridized carbons (Fsp3) is 0.300. The Labute approximate surface area is 174 Å². The maximum absolute atomic E-state index is 12.8. The van der Waals surface area contributed by atoms with Crippen LogP contribution in [0, 0.1) is 6.92 Å². The zero-order valence-electron chi connectivity index (χ0n) is 16.1. The fourth-order valence-electron chi connectivity index (χ4n) is 3.18. The van der Waals surface area contributed by atoms with Gasteiger partial charge in [0, 0.05) is 46.7 Å². The Morgan fingerprint density at radius 3 is 2.79 bits per heavy atom. The highest BCUT2D eigenvalue weighted by Crippen LogP contribution is 2.43. The predicted octanol–water partition coefficient (Wildman–Crippen LogP) is 5.22. The number of hydrogen-bond acceptors (Lipinski definition) is 6. The van der Waals surface area contributed by atoms with Gasteiger partial charge in [-0.15, -0.1) is 22.7 Å². The van der Waals surface area contributed by atoms with E-state index in [-0.39, 0.29) is 0 Å². The lowest BCUT2D eigenvalue weighted by Crippen LogP contribution is -2.00. The molecule has 0 radical (unpaired) electrons. The highest BCUT2D eigenvalue weighted by molar-refractivity contribution is 7.87. The number of thiophene rings is 1. The number of hydrogen-bond donors (Lipinski definition) is 1. The molecule has 28 heavy (non-hydrogen) atoms. The lowest BCUT2D eigenvalue weighted by atomic mass is 10.1. The van der Waals surface area contributed by atoms with Crippen LogP contribution >= 0.6 is 22.7 Å². The van der Waals surface area contributed by atoms with Crippen molar-refractivity contribution >= 4 is 49.4 Å². The number of aryl methyl sites for hydroxylation is 1. The first kappa shape index (κ1) is 19.3. The maximum atomic E-state index is 12.8. The third kappa shape index (κ3) is 3.29. The summed E-state index contributed by atoms with van der Waals surface area (Å²) in [5, 5.41) is 3.71. The van der Waals surface area contributed by atoms with E-state index in [4.69, 9.17) is 10.7 Å². The van der Waals surface area contributed by atoms with Gasteiger partial charge in [-0.3, -0.25) is 4.21 Å². The molecule has 0 aliphatic carbocycles. The van der Waals surface area contributed by atoms with Crippen LogP contribution in [0.1, 0.15) is 25.5 Å². The second kappa shape index (κ2) is 7.77. The number of pyridine rings is 1. The van der Waals surface area contributed by atoms with Crippen LogP contribution in [0.2, 0.25) is 0 Å². The molecule has 146 valence electrons. The van der Waals surface area contributed by atoms with Crippen LogP contribution in [0.3, 0.4) is 0 Å². The van der Waals surface area contributed by atoms with Gasteiger partial charge in [0.2, 0.25) is 0 Å². The minimum absolute atomic E-state index is 0.599. The molecule has 0 fully saturated rings. The van der Waals surface area contributed by atoms with Gasteiger partial charge in [0.15, 0.2) is 0 Å². The van der Waals surface area contributed by atoms with Crippen molar-refractivity contribution in [2.75, 3.05) is 11.5 Å². The van der Waals surface area contributed by atoms with Gasteiger partial charge in [-0.05, 0) is 31.5 Å². The predicted molar refractivity (Wildman–Crippen MR) is 120 cm³/mol. The first-order chi connectivity index (χ1) is 13.5. The Hall–Kier alpha value is -2.03. The molecule has 0 bridgehead atoms. The molecule has 0 spiro atoms. The quantitative estimate of drug-likeness (QED) is 0.455. The van der Waals surface area contributed by atoms with Gasteiger partial charge in [0.05, 0.1) is 16.5 Å². The van der Waals surface area contributed by atoms with E-state index in [0.29, 0.717) is 11.4 Å². The van der Waals surface area contributed by atoms with E-state index in [0.717, 1.165) is 54.9 Å². The van der Waals surface area contributed by atoms with Crippen LogP contribution in [-0.2, 0) is 17.8 Å². The number of anilines is 1. The molecule has 0 aliphatic heterocycles. The number of thiazole rings is 1. The van der Waals surface area contributed by atoms with Crippen molar-refractivity contribution < 1.29 is 4.21 Å². The number of fused-ring (bicyclic) bond motifs is 1. The molecule has 8 heteroatoms. The Bertz CT molecular complexity index is 1160. The summed E-state index contributed by atoms with van der Waals surface area (Å²) >= 11 is 3.01. The van der Waals surface area contributed by atoms with E-state index in [1.807, 2.05) is 12.4 Å². The van der Waals surface area contributed by atoms with E-state index in [9.17, 15) is 4.21 Å². The first-order valence-corrected chi connectivity index (χ1v) is 12.2. The number of nitrogens with zero attached hydrogens (tertiary/aromatic N) is 3. The molecule has 0 saturated heterocycles. The third-order valence-corrected chi connectivity index (χ3v) is 8.65. The van der Waals surface area contributed by atoms with E-state index < -0.39 is 10.8 Å². The molecule has 4 aromatic heterocycles. The van der Waals surface area contributed by atoms with Gasteiger partial charge in [-0.25, -0.2) is 9.97 Å². The summed E-state index contributed by atoms with van der Waals surface area (Å²) in [7, 11) is 0.943. The van der Waals surface area contributed by atoms with Gasteiger partial charge in [-0.1, -0.05) is 13.3 Å². The largest absolute Gasteiger partial charge is 0.396 e. The van der Waals surface area contributed by atoms with E-state index in [1.54, 1.807) is 17.5 Å². The number of unbranched alkanes of at least 4 members (excludes halogenated alkanes) is 1. The monoisotopic (exact) mass is 430 g/mol. The highest BCUT2D eigenvalue weighted by Gasteiger charge is 2.22. The van der Waals surface area contributed by atoms with Crippen molar-refractivity contribution in [2.24, 2.45) is 7.05 Å². The van der Waals surface area contributed by atoms with Crippen molar-refractivity contribution in [3.63, 3.8) is 0 Å². The normalized spacial score (nSPS) is 12.7. The molecule has 4 rings (SSSR count). The summed E-state index contributed by atoms with van der Waals surface area (Å²) in [6.45, 7) is 4.18. The molecule has 0 saturated carbocycles.